The van der Waals surface area contributed by atoms with Crippen LogP contribution in [0.2, 0.25) is 0 Å². The van der Waals surface area contributed by atoms with Gasteiger partial charge in [-0.05, 0) is 25.0 Å². The van der Waals surface area contributed by atoms with Gasteiger partial charge in [0, 0.05) is 11.8 Å². The minimum absolute atomic E-state index is 0.0586. The first-order valence-corrected chi connectivity index (χ1v) is 12.3. The molecule has 0 spiro atoms. The molecule has 0 bridgehead atoms. The minimum atomic E-state index is -0.985. The summed E-state index contributed by atoms with van der Waals surface area (Å²) < 4.78 is 10.2. The predicted molar refractivity (Wildman–Crippen MR) is 134 cm³/mol. The molecule has 9 nitrogen and oxygen atoms in total. The van der Waals surface area contributed by atoms with Crippen LogP contribution in [0, 0.1) is 0 Å². The van der Waals surface area contributed by atoms with Crippen molar-refractivity contribution < 1.29 is 28.7 Å². The third-order valence-corrected chi connectivity index (χ3v) is 5.21. The van der Waals surface area contributed by atoms with Gasteiger partial charge in [0.05, 0.1) is 0 Å². The van der Waals surface area contributed by atoms with Crippen LogP contribution < -0.4 is 16.0 Å². The molecule has 0 aliphatic heterocycles. The summed E-state index contributed by atoms with van der Waals surface area (Å²) in [4.78, 5) is 49.8. The molecule has 3 amide bonds. The Labute approximate surface area is 213 Å². The van der Waals surface area contributed by atoms with E-state index in [1.54, 1.807) is 0 Å². The van der Waals surface area contributed by atoms with E-state index in [4.69, 9.17) is 9.47 Å². The van der Waals surface area contributed by atoms with Gasteiger partial charge < -0.3 is 25.4 Å². The van der Waals surface area contributed by atoms with Gasteiger partial charge in [-0.25, -0.2) is 9.59 Å². The Bertz CT molecular complexity index is 974. The lowest BCUT2D eigenvalue weighted by molar-refractivity contribution is -0.147. The third kappa shape index (κ3) is 10.2. The number of esters is 1. The number of halogens is 1. The number of hydrogen-bond donors (Lipinski definition) is 3. The number of alkyl halides is 1. The molecule has 188 valence electrons. The van der Waals surface area contributed by atoms with E-state index in [1.165, 1.54) is 13.8 Å². The predicted octanol–water partition coefficient (Wildman–Crippen LogP) is 2.47. The van der Waals surface area contributed by atoms with E-state index >= 15 is 0 Å². The molecule has 0 aromatic heterocycles. The SMILES string of the molecule is C[C@H](NC(=O)OCc1ccccc1)C(=O)N[C@@H](Cc1ccccc1)C(=O)N[C@@H](C)C(=O)OCCBr. The zero-order valence-corrected chi connectivity index (χ0v) is 21.2. The zero-order chi connectivity index (χ0) is 25.6. The number of carbonyl (C=O) groups excluding carboxylic acids is 4. The van der Waals surface area contributed by atoms with Crippen LogP contribution in [0.4, 0.5) is 4.79 Å². The summed E-state index contributed by atoms with van der Waals surface area (Å²) in [6.07, 6.45) is -0.573. The molecule has 2 aromatic carbocycles. The molecule has 3 N–H and O–H groups in total. The van der Waals surface area contributed by atoms with Gasteiger partial charge >= 0.3 is 12.1 Å². The average Bonchev–Trinajstić information content (AvgIpc) is 2.86. The van der Waals surface area contributed by atoms with E-state index in [9.17, 15) is 19.2 Å². The summed E-state index contributed by atoms with van der Waals surface area (Å²) in [6, 6.07) is 15.4. The zero-order valence-electron chi connectivity index (χ0n) is 19.7. The normalized spacial score (nSPS) is 13.0. The maximum absolute atomic E-state index is 12.9. The van der Waals surface area contributed by atoms with Crippen molar-refractivity contribution in [3.05, 3.63) is 71.8 Å². The second kappa shape index (κ2) is 14.8. The van der Waals surface area contributed by atoms with Crippen molar-refractivity contribution in [1.29, 1.82) is 0 Å². The van der Waals surface area contributed by atoms with E-state index < -0.39 is 42.0 Å². The van der Waals surface area contributed by atoms with Crippen LogP contribution in [0.5, 0.6) is 0 Å². The summed E-state index contributed by atoms with van der Waals surface area (Å²) >= 11 is 3.17. The Morgan fingerprint density at radius 3 is 1.97 bits per heavy atom. The minimum Gasteiger partial charge on any atom is -0.463 e. The summed E-state index contributed by atoms with van der Waals surface area (Å²) in [7, 11) is 0. The lowest BCUT2D eigenvalue weighted by atomic mass is 10.0. The van der Waals surface area contributed by atoms with Gasteiger partial charge in [0.25, 0.3) is 0 Å². The van der Waals surface area contributed by atoms with Crippen molar-refractivity contribution in [3.8, 4) is 0 Å². The van der Waals surface area contributed by atoms with Crippen molar-refractivity contribution in [2.24, 2.45) is 0 Å². The molecule has 2 rings (SSSR count). The van der Waals surface area contributed by atoms with Crippen LogP contribution in [-0.2, 0) is 36.9 Å². The van der Waals surface area contributed by atoms with E-state index in [2.05, 4.69) is 31.9 Å². The number of benzene rings is 2. The van der Waals surface area contributed by atoms with Crippen LogP contribution in [0.25, 0.3) is 0 Å². The number of rotatable bonds is 12. The fourth-order valence-corrected chi connectivity index (χ4v) is 3.16. The highest BCUT2D eigenvalue weighted by molar-refractivity contribution is 9.09. The second-order valence-corrected chi connectivity index (χ2v) is 8.56. The van der Waals surface area contributed by atoms with Crippen LogP contribution >= 0.6 is 15.9 Å². The molecule has 2 aromatic rings. The molecule has 0 unspecified atom stereocenters. The number of hydrogen-bond acceptors (Lipinski definition) is 6. The van der Waals surface area contributed by atoms with Gasteiger partial charge in [-0.15, -0.1) is 0 Å². The first kappa shape index (κ1) is 27.8. The number of carbonyl (C=O) groups is 4. The molecule has 0 heterocycles. The first-order valence-electron chi connectivity index (χ1n) is 11.1. The molecule has 0 saturated carbocycles. The monoisotopic (exact) mass is 547 g/mol. The Kier molecular flexibility index (Phi) is 11.8. The summed E-state index contributed by atoms with van der Waals surface area (Å²) in [5.74, 6) is -1.71. The molecule has 0 aliphatic carbocycles. The number of ether oxygens (including phenoxy) is 2. The van der Waals surface area contributed by atoms with Crippen LogP contribution in [0.1, 0.15) is 25.0 Å². The lowest BCUT2D eigenvalue weighted by Gasteiger charge is -2.23. The van der Waals surface area contributed by atoms with Gasteiger partial charge in [0.15, 0.2) is 0 Å². The summed E-state index contributed by atoms with van der Waals surface area (Å²) in [5.41, 5.74) is 1.62. The highest BCUT2D eigenvalue weighted by atomic mass is 79.9. The highest BCUT2D eigenvalue weighted by Gasteiger charge is 2.27. The van der Waals surface area contributed by atoms with E-state index in [0.717, 1.165) is 11.1 Å². The van der Waals surface area contributed by atoms with Gasteiger partial charge in [0.2, 0.25) is 11.8 Å². The Morgan fingerprint density at radius 2 is 1.37 bits per heavy atom. The highest BCUT2D eigenvalue weighted by Crippen LogP contribution is 2.05. The molecule has 0 fully saturated rings. The van der Waals surface area contributed by atoms with Crippen molar-refractivity contribution in [2.45, 2.75) is 45.0 Å². The average molecular weight is 548 g/mol. The number of nitrogens with one attached hydrogen (secondary N) is 3. The Hall–Kier alpha value is -3.40. The number of alkyl carbamates (subject to hydrolysis) is 1. The van der Waals surface area contributed by atoms with Crippen LogP contribution in [-0.4, -0.2) is 53.9 Å². The Balaban J connectivity index is 1.97. The van der Waals surface area contributed by atoms with Crippen LogP contribution in [0.15, 0.2) is 60.7 Å². The molecule has 0 aliphatic rings. The largest absolute Gasteiger partial charge is 0.463 e. The quantitative estimate of drug-likeness (QED) is 0.277. The van der Waals surface area contributed by atoms with Crippen LogP contribution in [0.3, 0.4) is 0 Å². The fraction of sp³-hybridized carbons (Fsp3) is 0.360. The van der Waals surface area contributed by atoms with Gasteiger partial charge in [-0.3, -0.25) is 9.59 Å². The van der Waals surface area contributed by atoms with Gasteiger partial charge in [-0.2, -0.15) is 0 Å². The van der Waals surface area contributed by atoms with E-state index in [0.29, 0.717) is 5.33 Å². The third-order valence-electron chi connectivity index (χ3n) is 4.89. The molecule has 10 heteroatoms. The smallest absolute Gasteiger partial charge is 0.408 e. The maximum atomic E-state index is 12.9. The molecule has 0 radical (unpaired) electrons. The van der Waals surface area contributed by atoms with Crippen molar-refractivity contribution in [2.75, 3.05) is 11.9 Å². The van der Waals surface area contributed by atoms with Crippen molar-refractivity contribution in [1.82, 2.24) is 16.0 Å². The molecule has 0 saturated heterocycles. The van der Waals surface area contributed by atoms with Crippen molar-refractivity contribution in [3.63, 3.8) is 0 Å². The standard InChI is InChI=1S/C25H30BrN3O6/c1-17(28-25(33)35-16-20-11-7-4-8-12-20)22(30)29-21(15-19-9-5-3-6-10-19)23(31)27-18(2)24(32)34-14-13-26/h3-12,17-18,21H,13-16H2,1-2H3,(H,27,31)(H,28,33)(H,29,30)/t17-,18-,21-/m0/s1. The van der Waals surface area contributed by atoms with Crippen molar-refractivity contribution >= 4 is 39.8 Å². The topological polar surface area (TPSA) is 123 Å². The molecular weight excluding hydrogens is 518 g/mol. The maximum Gasteiger partial charge on any atom is 0.408 e. The molecule has 35 heavy (non-hydrogen) atoms. The fourth-order valence-electron chi connectivity index (χ4n) is 3.00. The summed E-state index contributed by atoms with van der Waals surface area (Å²) in [6.45, 7) is 3.22. The lowest BCUT2D eigenvalue weighted by Crippen LogP contribution is -2.55. The Morgan fingerprint density at radius 1 is 0.771 bits per heavy atom. The molecule has 3 atom stereocenters. The number of amides is 3. The van der Waals surface area contributed by atoms with E-state index in [1.807, 2.05) is 60.7 Å². The molecular formula is C25H30BrN3O6. The summed E-state index contributed by atoms with van der Waals surface area (Å²) in [5, 5.41) is 8.16. The second-order valence-electron chi connectivity index (χ2n) is 7.77. The van der Waals surface area contributed by atoms with Gasteiger partial charge in [-0.1, -0.05) is 76.6 Å². The van der Waals surface area contributed by atoms with E-state index in [-0.39, 0.29) is 19.6 Å². The van der Waals surface area contributed by atoms with Gasteiger partial charge in [0.1, 0.15) is 31.3 Å². The first-order chi connectivity index (χ1) is 16.8.